The maximum atomic E-state index is 12.7. The predicted octanol–water partition coefficient (Wildman–Crippen LogP) is 2.23. The zero-order valence-corrected chi connectivity index (χ0v) is 22.2. The number of carbonyl (C=O) groups excluding carboxylic acids is 1. The molecular formula is C28H36N4O6. The lowest BCUT2D eigenvalue weighted by molar-refractivity contribution is -0.154. The summed E-state index contributed by atoms with van der Waals surface area (Å²) in [5.41, 5.74) is 4.30. The Morgan fingerprint density at radius 1 is 1.21 bits per heavy atom. The van der Waals surface area contributed by atoms with Gasteiger partial charge in [-0.3, -0.25) is 14.9 Å². The minimum absolute atomic E-state index is 0.0255. The lowest BCUT2D eigenvalue weighted by atomic mass is 10.1. The highest BCUT2D eigenvalue weighted by Gasteiger charge is 2.29. The molecule has 38 heavy (non-hydrogen) atoms. The molecule has 0 saturated carbocycles. The molecule has 0 bridgehead atoms. The molecule has 2 aliphatic heterocycles. The van der Waals surface area contributed by atoms with E-state index in [0.29, 0.717) is 45.0 Å². The van der Waals surface area contributed by atoms with Crippen molar-refractivity contribution in [1.82, 2.24) is 19.4 Å². The number of esters is 1. The number of rotatable bonds is 8. The molecule has 2 aromatic heterocycles. The Morgan fingerprint density at radius 2 is 1.97 bits per heavy atom. The Balaban J connectivity index is 1.43. The second-order valence-electron chi connectivity index (χ2n) is 10.3. The summed E-state index contributed by atoms with van der Waals surface area (Å²) in [6.45, 7) is 6.11. The van der Waals surface area contributed by atoms with Crippen molar-refractivity contribution >= 4 is 17.0 Å². The monoisotopic (exact) mass is 524 g/mol. The van der Waals surface area contributed by atoms with Gasteiger partial charge < -0.3 is 28.5 Å². The van der Waals surface area contributed by atoms with Crippen LogP contribution < -0.4 is 10.9 Å². The van der Waals surface area contributed by atoms with Crippen LogP contribution in [0.2, 0.25) is 0 Å². The van der Waals surface area contributed by atoms with Gasteiger partial charge in [-0.2, -0.15) is 0 Å². The summed E-state index contributed by atoms with van der Waals surface area (Å²) in [4.78, 5) is 30.0. The zero-order valence-electron chi connectivity index (χ0n) is 22.2. The van der Waals surface area contributed by atoms with Gasteiger partial charge in [0.15, 0.2) is 0 Å². The fourth-order valence-electron chi connectivity index (χ4n) is 5.29. The van der Waals surface area contributed by atoms with Crippen LogP contribution in [-0.2, 0) is 32.6 Å². The molecule has 10 nitrogen and oxygen atoms in total. The molecule has 204 valence electrons. The average Bonchev–Trinajstić information content (AvgIpc) is 3.55. The number of aromatic nitrogens is 3. The number of ether oxygens (including phenoxy) is 3. The van der Waals surface area contributed by atoms with Crippen molar-refractivity contribution in [2.45, 2.75) is 63.9 Å². The summed E-state index contributed by atoms with van der Waals surface area (Å²) in [7, 11) is 1.76. The predicted molar refractivity (Wildman–Crippen MR) is 142 cm³/mol. The fraction of sp³-hybridized carbons (Fsp3) is 0.536. The molecule has 3 aromatic rings. The molecule has 2 saturated heterocycles. The molecule has 2 aliphatic rings. The third kappa shape index (κ3) is 5.54. The summed E-state index contributed by atoms with van der Waals surface area (Å²) >= 11 is 0. The standard InChI is InChI=1S/C28H36N4O6/c1-17-12-20(15-31(3)27(17)34)26-30-23-13-19(4-5-24(23)32(26)21-6-9-36-10-7-21)14-29-25(18(2)33)28(35)38-22-8-11-37-16-22/h4-5,12-13,15,18,21-22,25,29,33H,6-11,14,16H2,1-3H3/t18-,22-,25+/m1/s1. The lowest BCUT2D eigenvalue weighted by Crippen LogP contribution is -2.46. The van der Waals surface area contributed by atoms with Gasteiger partial charge in [-0.15, -0.1) is 0 Å². The summed E-state index contributed by atoms with van der Waals surface area (Å²) in [6.07, 6.45) is 3.09. The maximum absolute atomic E-state index is 12.7. The summed E-state index contributed by atoms with van der Waals surface area (Å²) in [5, 5.41) is 13.4. The van der Waals surface area contributed by atoms with Crippen LogP contribution in [0.4, 0.5) is 0 Å². The zero-order chi connectivity index (χ0) is 26.8. The minimum Gasteiger partial charge on any atom is -0.459 e. The quantitative estimate of drug-likeness (QED) is 0.431. The number of fused-ring (bicyclic) bond motifs is 1. The molecule has 0 aliphatic carbocycles. The van der Waals surface area contributed by atoms with E-state index >= 15 is 0 Å². The summed E-state index contributed by atoms with van der Waals surface area (Å²) in [6, 6.07) is 7.35. The number of hydrogen-bond acceptors (Lipinski definition) is 8. The first-order valence-corrected chi connectivity index (χ1v) is 13.3. The number of aliphatic hydroxyl groups excluding tert-OH is 1. The van der Waals surface area contributed by atoms with Crippen molar-refractivity contribution in [1.29, 1.82) is 0 Å². The van der Waals surface area contributed by atoms with Crippen LogP contribution in [0.15, 0.2) is 35.3 Å². The van der Waals surface area contributed by atoms with E-state index in [1.165, 1.54) is 0 Å². The summed E-state index contributed by atoms with van der Waals surface area (Å²) in [5.74, 6) is 0.340. The van der Waals surface area contributed by atoms with Crippen LogP contribution in [0.3, 0.4) is 0 Å². The maximum Gasteiger partial charge on any atom is 0.326 e. The van der Waals surface area contributed by atoms with Crippen LogP contribution in [0, 0.1) is 6.92 Å². The van der Waals surface area contributed by atoms with Crippen LogP contribution in [0.25, 0.3) is 22.4 Å². The average molecular weight is 525 g/mol. The van der Waals surface area contributed by atoms with E-state index in [9.17, 15) is 14.7 Å². The van der Waals surface area contributed by atoms with Gasteiger partial charge >= 0.3 is 5.97 Å². The van der Waals surface area contributed by atoms with E-state index in [1.807, 2.05) is 31.3 Å². The normalized spacial score (nSPS) is 20.1. The topological polar surface area (TPSA) is 117 Å². The van der Waals surface area contributed by atoms with Crippen molar-refractivity contribution in [3.05, 3.63) is 51.9 Å². The minimum atomic E-state index is -0.916. The first-order valence-electron chi connectivity index (χ1n) is 13.3. The van der Waals surface area contributed by atoms with E-state index in [0.717, 1.165) is 40.8 Å². The van der Waals surface area contributed by atoms with Crippen LogP contribution in [0.5, 0.6) is 0 Å². The number of nitrogens with zero attached hydrogens (tertiary/aromatic N) is 3. The highest BCUT2D eigenvalue weighted by molar-refractivity contribution is 5.82. The van der Waals surface area contributed by atoms with Crippen LogP contribution >= 0.6 is 0 Å². The molecule has 0 amide bonds. The van der Waals surface area contributed by atoms with Crippen molar-refractivity contribution < 1.29 is 24.1 Å². The number of benzene rings is 1. The second kappa shape index (κ2) is 11.4. The third-order valence-corrected chi connectivity index (χ3v) is 7.36. The molecule has 3 atom stereocenters. The molecule has 0 spiro atoms. The molecule has 5 rings (SSSR count). The van der Waals surface area contributed by atoms with Gasteiger partial charge in [0.05, 0.1) is 30.4 Å². The van der Waals surface area contributed by atoms with E-state index in [-0.39, 0.29) is 17.7 Å². The van der Waals surface area contributed by atoms with Crippen molar-refractivity contribution in [2.75, 3.05) is 26.4 Å². The first-order chi connectivity index (χ1) is 18.3. The fourth-order valence-corrected chi connectivity index (χ4v) is 5.29. The molecule has 2 N–H and O–H groups in total. The molecule has 0 radical (unpaired) electrons. The Hall–Kier alpha value is -3.05. The number of nitrogens with one attached hydrogen (secondary N) is 1. The number of carbonyl (C=O) groups is 1. The number of hydrogen-bond donors (Lipinski definition) is 2. The lowest BCUT2D eigenvalue weighted by Gasteiger charge is -2.26. The van der Waals surface area contributed by atoms with Crippen LogP contribution in [-0.4, -0.2) is 69.9 Å². The Labute approximate surface area is 221 Å². The van der Waals surface area contributed by atoms with E-state index < -0.39 is 18.1 Å². The highest BCUT2D eigenvalue weighted by atomic mass is 16.6. The molecule has 1 aromatic carbocycles. The highest BCUT2D eigenvalue weighted by Crippen LogP contribution is 2.33. The molecule has 2 fully saturated rings. The molecular weight excluding hydrogens is 488 g/mol. The number of aliphatic hydroxyl groups is 1. The Kier molecular flexibility index (Phi) is 7.94. The van der Waals surface area contributed by atoms with Gasteiger partial charge in [-0.25, -0.2) is 4.98 Å². The van der Waals surface area contributed by atoms with Crippen molar-refractivity contribution in [3.8, 4) is 11.4 Å². The third-order valence-electron chi connectivity index (χ3n) is 7.36. The molecule has 4 heterocycles. The number of aryl methyl sites for hydroxylation is 2. The van der Waals surface area contributed by atoms with Gasteiger partial charge in [0.2, 0.25) is 0 Å². The van der Waals surface area contributed by atoms with Gasteiger partial charge in [0.25, 0.3) is 5.56 Å². The van der Waals surface area contributed by atoms with Gasteiger partial charge in [0.1, 0.15) is 18.0 Å². The van der Waals surface area contributed by atoms with E-state index in [4.69, 9.17) is 19.2 Å². The largest absolute Gasteiger partial charge is 0.459 e. The molecule has 0 unspecified atom stereocenters. The Morgan fingerprint density at radius 3 is 2.66 bits per heavy atom. The number of imidazole rings is 1. The van der Waals surface area contributed by atoms with Gasteiger partial charge in [-0.05, 0) is 50.5 Å². The van der Waals surface area contributed by atoms with Crippen LogP contribution in [0.1, 0.15) is 43.4 Å². The van der Waals surface area contributed by atoms with Gasteiger partial charge in [-0.1, -0.05) is 6.07 Å². The SMILES string of the molecule is Cc1cc(-c2nc3cc(CN[C@H](C(=O)O[C@@H]4CCOC4)[C@@H](C)O)ccc3n2C2CCOCC2)cn(C)c1=O. The number of pyridine rings is 1. The first kappa shape index (κ1) is 26.6. The Bertz CT molecular complexity index is 1330. The van der Waals surface area contributed by atoms with Gasteiger partial charge in [0, 0.05) is 56.6 Å². The van der Waals surface area contributed by atoms with Crippen molar-refractivity contribution in [3.63, 3.8) is 0 Å². The van der Waals surface area contributed by atoms with E-state index in [1.54, 1.807) is 18.5 Å². The van der Waals surface area contributed by atoms with E-state index in [2.05, 4.69) is 16.0 Å². The molecule has 10 heteroatoms. The second-order valence-corrected chi connectivity index (χ2v) is 10.3. The summed E-state index contributed by atoms with van der Waals surface area (Å²) < 4.78 is 20.3. The smallest absolute Gasteiger partial charge is 0.326 e. The van der Waals surface area contributed by atoms with Crippen molar-refractivity contribution in [2.24, 2.45) is 7.05 Å².